The number of hydrogen-bond donors (Lipinski definition) is 0. The van der Waals surface area contributed by atoms with Crippen molar-refractivity contribution in [1.82, 2.24) is 0 Å². The zero-order chi connectivity index (χ0) is 24.4. The quantitative estimate of drug-likeness (QED) is 0.361. The summed E-state index contributed by atoms with van der Waals surface area (Å²) in [7, 11) is 0. The molecule has 2 atom stereocenters. The van der Waals surface area contributed by atoms with Gasteiger partial charge in [-0.2, -0.15) is 0 Å². The summed E-state index contributed by atoms with van der Waals surface area (Å²) in [6.45, 7) is 14.4. The third kappa shape index (κ3) is 3.95. The van der Waals surface area contributed by atoms with E-state index in [-0.39, 0.29) is 0 Å². The van der Waals surface area contributed by atoms with Gasteiger partial charge in [0.2, 0.25) is 0 Å². The van der Waals surface area contributed by atoms with Crippen LogP contribution in [0.15, 0.2) is 35.4 Å². The van der Waals surface area contributed by atoms with Gasteiger partial charge in [0, 0.05) is 0 Å². The van der Waals surface area contributed by atoms with Crippen molar-refractivity contribution >= 4 is 11.1 Å². The minimum absolute atomic E-state index is 0.737. The van der Waals surface area contributed by atoms with Crippen LogP contribution >= 0.6 is 0 Å². The van der Waals surface area contributed by atoms with Gasteiger partial charge in [-0.15, -0.1) is 0 Å². The van der Waals surface area contributed by atoms with Crippen LogP contribution in [0.3, 0.4) is 0 Å². The maximum absolute atomic E-state index is 2.61. The standard InChI is InChI=1S/2C17H21.Zr/c2*1-11-8-15-9-13(3)17(14-6-4-5-7-14)16(15)10-12(11)2;/h2*8-10,14H,4-7H2,1-3H3;. The number of hydrogen-bond acceptors (Lipinski definition) is 0. The van der Waals surface area contributed by atoms with Crippen LogP contribution in [0.25, 0.3) is 11.1 Å². The van der Waals surface area contributed by atoms with E-state index in [0.717, 1.165) is 19.1 Å². The summed E-state index contributed by atoms with van der Waals surface area (Å²) < 4.78 is 1.47. The first kappa shape index (κ1) is 24.2. The Kier molecular flexibility index (Phi) is 6.40. The SMILES string of the molecule is CC1=C(C2CCCC2)c2cc(C)c(C)cc2[CH]1[Zr][CH]1C(C)=C(C2CCCC2)c2cc(C)c(C)cc21. The summed E-state index contributed by atoms with van der Waals surface area (Å²) in [4.78, 5) is 0. The third-order valence-corrected chi connectivity index (χ3v) is 15.4. The summed E-state index contributed by atoms with van der Waals surface area (Å²) >= 11 is -0.815. The molecule has 0 nitrogen and oxygen atoms in total. The van der Waals surface area contributed by atoms with Gasteiger partial charge in [0.1, 0.15) is 0 Å². The van der Waals surface area contributed by atoms with E-state index in [4.69, 9.17) is 0 Å². The number of benzene rings is 2. The fourth-order valence-electron chi connectivity index (χ4n) is 7.93. The van der Waals surface area contributed by atoms with E-state index in [2.05, 4.69) is 65.8 Å². The molecule has 4 aliphatic rings. The van der Waals surface area contributed by atoms with Gasteiger partial charge in [-0.1, -0.05) is 0 Å². The van der Waals surface area contributed by atoms with E-state index >= 15 is 0 Å². The molecule has 2 aromatic rings. The van der Waals surface area contributed by atoms with Crippen LogP contribution in [0.1, 0.15) is 117 Å². The van der Waals surface area contributed by atoms with E-state index in [1.165, 1.54) is 73.6 Å². The molecule has 35 heavy (non-hydrogen) atoms. The van der Waals surface area contributed by atoms with E-state index in [0.29, 0.717) is 0 Å². The second-order valence-corrected chi connectivity index (χ2v) is 15.9. The number of allylic oxidation sites excluding steroid dienone is 4. The molecule has 0 spiro atoms. The molecule has 2 unspecified atom stereocenters. The van der Waals surface area contributed by atoms with Crippen molar-refractivity contribution in [2.24, 2.45) is 11.8 Å². The Bertz CT molecular complexity index is 1150. The van der Waals surface area contributed by atoms with E-state index in [1.807, 2.05) is 0 Å². The first-order valence-corrected chi connectivity index (χ1v) is 17.1. The van der Waals surface area contributed by atoms with Gasteiger partial charge in [-0.3, -0.25) is 0 Å². The molecule has 4 aliphatic carbocycles. The zero-order valence-electron chi connectivity index (χ0n) is 22.8. The zero-order valence-corrected chi connectivity index (χ0v) is 25.2. The summed E-state index contributed by atoms with van der Waals surface area (Å²) in [6.07, 6.45) is 11.3. The van der Waals surface area contributed by atoms with Gasteiger partial charge in [0.25, 0.3) is 0 Å². The molecule has 6 rings (SSSR count). The Morgan fingerprint density at radius 2 is 0.857 bits per heavy atom. The third-order valence-electron chi connectivity index (χ3n) is 10.1. The molecular formula is C34H42Zr. The van der Waals surface area contributed by atoms with Gasteiger partial charge < -0.3 is 0 Å². The molecule has 182 valence electrons. The Morgan fingerprint density at radius 3 is 1.23 bits per heavy atom. The van der Waals surface area contributed by atoms with Crippen molar-refractivity contribution in [3.8, 4) is 0 Å². The van der Waals surface area contributed by atoms with Crippen molar-refractivity contribution in [2.75, 3.05) is 0 Å². The van der Waals surface area contributed by atoms with Crippen LogP contribution in [-0.4, -0.2) is 0 Å². The van der Waals surface area contributed by atoms with Gasteiger partial charge in [0.05, 0.1) is 0 Å². The number of aryl methyl sites for hydroxylation is 4. The predicted octanol–water partition coefficient (Wildman–Crippen LogP) is 9.74. The summed E-state index contributed by atoms with van der Waals surface area (Å²) in [5.74, 6) is 1.62. The Morgan fingerprint density at radius 1 is 0.514 bits per heavy atom. The molecule has 0 bridgehead atoms. The topological polar surface area (TPSA) is 0 Å². The number of rotatable bonds is 4. The molecule has 0 radical (unpaired) electrons. The van der Waals surface area contributed by atoms with Crippen LogP contribution < -0.4 is 0 Å². The number of fused-ring (bicyclic) bond motifs is 2. The molecule has 2 saturated carbocycles. The van der Waals surface area contributed by atoms with Crippen LogP contribution in [0.4, 0.5) is 0 Å². The van der Waals surface area contributed by atoms with Gasteiger partial charge in [-0.25, -0.2) is 0 Å². The Labute approximate surface area is 225 Å². The Hall–Kier alpha value is -1.20. The van der Waals surface area contributed by atoms with Crippen LogP contribution in [0, 0.1) is 39.5 Å². The normalized spacial score (nSPS) is 24.6. The van der Waals surface area contributed by atoms with Crippen LogP contribution in [0.5, 0.6) is 0 Å². The van der Waals surface area contributed by atoms with Crippen LogP contribution in [0.2, 0.25) is 0 Å². The molecule has 2 fully saturated rings. The van der Waals surface area contributed by atoms with Crippen molar-refractivity contribution < 1.29 is 23.2 Å². The first-order chi connectivity index (χ1) is 16.8. The summed E-state index contributed by atoms with van der Waals surface area (Å²) in [5, 5.41) is 0. The monoisotopic (exact) mass is 540 g/mol. The second-order valence-electron chi connectivity index (χ2n) is 12.2. The van der Waals surface area contributed by atoms with E-state index < -0.39 is 23.2 Å². The predicted molar refractivity (Wildman–Crippen MR) is 146 cm³/mol. The average molecular weight is 542 g/mol. The Balaban J connectivity index is 1.46. The molecule has 0 N–H and O–H groups in total. The maximum atomic E-state index is 2.61. The molecular weight excluding hydrogens is 500 g/mol. The molecule has 1 heteroatoms. The molecule has 0 saturated heterocycles. The van der Waals surface area contributed by atoms with E-state index in [9.17, 15) is 0 Å². The van der Waals surface area contributed by atoms with Crippen molar-refractivity contribution in [2.45, 2.75) is 100 Å². The van der Waals surface area contributed by atoms with Gasteiger partial charge >= 0.3 is 226 Å². The fourth-order valence-corrected chi connectivity index (χ4v) is 12.8. The summed E-state index contributed by atoms with van der Waals surface area (Å²) in [6, 6.07) is 10.4. The van der Waals surface area contributed by atoms with Crippen LogP contribution in [-0.2, 0) is 23.2 Å². The van der Waals surface area contributed by atoms with Crippen molar-refractivity contribution in [3.05, 3.63) is 79.9 Å². The molecule has 2 aromatic carbocycles. The average Bonchev–Trinajstić information content (AvgIpc) is 3.60. The molecule has 0 aromatic heterocycles. The fraction of sp³-hybridized carbons (Fsp3) is 0.529. The van der Waals surface area contributed by atoms with E-state index in [1.54, 1.807) is 44.5 Å². The first-order valence-electron chi connectivity index (χ1n) is 14.3. The minimum atomic E-state index is -0.815. The summed E-state index contributed by atoms with van der Waals surface area (Å²) in [5.41, 5.74) is 19.8. The molecule has 0 amide bonds. The van der Waals surface area contributed by atoms with Crippen molar-refractivity contribution in [1.29, 1.82) is 0 Å². The molecule has 0 aliphatic heterocycles. The van der Waals surface area contributed by atoms with Gasteiger partial charge in [0.15, 0.2) is 0 Å². The van der Waals surface area contributed by atoms with Crippen molar-refractivity contribution in [3.63, 3.8) is 0 Å². The molecule has 0 heterocycles. The second kappa shape index (κ2) is 9.28. The van der Waals surface area contributed by atoms with Gasteiger partial charge in [-0.05, 0) is 0 Å².